The van der Waals surface area contributed by atoms with Crippen molar-refractivity contribution in [1.82, 2.24) is 0 Å². The van der Waals surface area contributed by atoms with E-state index in [4.69, 9.17) is 4.84 Å². The first-order chi connectivity index (χ1) is 31.0. The summed E-state index contributed by atoms with van der Waals surface area (Å²) in [6.07, 6.45) is -1.25. The minimum absolute atomic E-state index is 0.102. The molecule has 0 spiro atoms. The van der Waals surface area contributed by atoms with Crippen LogP contribution >= 0.6 is 11.3 Å². The van der Waals surface area contributed by atoms with Crippen molar-refractivity contribution >= 4 is 49.6 Å². The third kappa shape index (κ3) is 8.79. The van der Waals surface area contributed by atoms with Crippen molar-refractivity contribution in [2.75, 3.05) is 13.2 Å². The topological polar surface area (TPSA) is 56.3 Å². The van der Waals surface area contributed by atoms with Crippen molar-refractivity contribution in [3.63, 3.8) is 0 Å². The third-order valence-corrected chi connectivity index (χ3v) is 10.9. The van der Waals surface area contributed by atoms with Gasteiger partial charge in [-0.1, -0.05) is 36.3 Å². The smallest absolute Gasteiger partial charge is 0.270 e. The van der Waals surface area contributed by atoms with E-state index in [1.807, 2.05) is 22.4 Å². The van der Waals surface area contributed by atoms with Crippen molar-refractivity contribution in [3.8, 4) is 0 Å². The molecule has 66 heavy (non-hydrogen) atoms. The van der Waals surface area contributed by atoms with Gasteiger partial charge in [0.25, 0.3) is 11.0 Å². The number of halogens is 20. The maximum Gasteiger partial charge on any atom is 0.278 e. The molecule has 5 aromatic carbocycles. The van der Waals surface area contributed by atoms with E-state index in [9.17, 15) is 62.8 Å². The molecule has 0 aliphatic carbocycles. The van der Waals surface area contributed by atoms with E-state index < -0.39 is 144 Å². The molecule has 1 heterocycles. The Labute approximate surface area is 359 Å². The Morgan fingerprint density at radius 2 is 0.727 bits per heavy atom. The lowest BCUT2D eigenvalue weighted by molar-refractivity contribution is -0.868. The Morgan fingerprint density at radius 1 is 0.439 bits per heavy atom. The van der Waals surface area contributed by atoms with Crippen LogP contribution in [0.3, 0.4) is 0 Å². The van der Waals surface area contributed by atoms with E-state index in [1.54, 1.807) is 11.3 Å². The zero-order valence-corrected chi connectivity index (χ0v) is 33.0. The van der Waals surface area contributed by atoms with E-state index in [0.29, 0.717) is 13.0 Å². The van der Waals surface area contributed by atoms with E-state index in [0.717, 1.165) is 37.6 Å². The highest BCUT2D eigenvalue weighted by Crippen LogP contribution is 2.31. The number of para-hydroxylation sites is 1. The van der Waals surface area contributed by atoms with Crippen LogP contribution < -0.4 is 31.4 Å². The summed E-state index contributed by atoms with van der Waals surface area (Å²) in [5, 5.41) is 10.2. The van der Waals surface area contributed by atoms with Crippen LogP contribution in [0.25, 0.3) is 10.2 Å². The van der Waals surface area contributed by atoms with Gasteiger partial charge in [-0.25, -0.2) is 87.8 Å². The number of nitro groups is 1. The molecule has 0 unspecified atom stereocenters. The average molecular weight is 988 g/mol. The summed E-state index contributed by atoms with van der Waals surface area (Å²) in [5.41, 5.74) is -11.2. The van der Waals surface area contributed by atoms with Crippen molar-refractivity contribution < 1.29 is 102 Å². The first kappa shape index (κ1) is 50.8. The largest absolute Gasteiger partial charge is 0.278 e. The van der Waals surface area contributed by atoms with Crippen LogP contribution in [-0.2, 0) is 0 Å². The summed E-state index contributed by atoms with van der Waals surface area (Å²) in [7, 11) is 0. The predicted octanol–water partition coefficient (Wildman–Crippen LogP) is 9.08. The second kappa shape index (κ2) is 20.2. The lowest BCUT2D eigenvalue weighted by atomic mass is 9.12. The summed E-state index contributed by atoms with van der Waals surface area (Å²) >= 11 is 1.68. The fraction of sp³-hybridized carbons (Fsp3) is 0.205. The zero-order valence-electron chi connectivity index (χ0n) is 32.2. The van der Waals surface area contributed by atoms with E-state index in [2.05, 4.69) is 12.1 Å². The summed E-state index contributed by atoms with van der Waals surface area (Å²) in [4.78, 5) is 15.7. The summed E-state index contributed by atoms with van der Waals surface area (Å²) in [6.45, 7) is 0.811. The molecule has 0 aliphatic heterocycles. The van der Waals surface area contributed by atoms with Gasteiger partial charge in [-0.15, -0.1) is 21.9 Å². The number of hydrogen-bond acceptors (Lipinski definition) is 4. The molecular weight excluding hydrogens is 967 g/mol. The molecule has 0 fully saturated rings. The fourth-order valence-electron chi connectivity index (χ4n) is 7.09. The van der Waals surface area contributed by atoms with Gasteiger partial charge in [0.05, 0.1) is 0 Å². The molecule has 0 radical (unpaired) electrons. The highest BCUT2D eigenvalue weighted by molar-refractivity contribution is 7.20. The molecule has 27 heteroatoms. The molecule has 0 aliphatic rings. The van der Waals surface area contributed by atoms with Gasteiger partial charge in [0.15, 0.2) is 76.4 Å². The van der Waals surface area contributed by atoms with Gasteiger partial charge >= 0.3 is 0 Å². The molecule has 0 amide bonds. The number of fused-ring (bicyclic) bond motifs is 1. The van der Waals surface area contributed by atoms with Crippen molar-refractivity contribution in [2.45, 2.75) is 38.5 Å². The third-order valence-electron chi connectivity index (χ3n) is 10.1. The van der Waals surface area contributed by atoms with Crippen LogP contribution in [0.2, 0.25) is 0 Å². The van der Waals surface area contributed by atoms with E-state index in [-0.39, 0.29) is 11.5 Å². The minimum Gasteiger partial charge on any atom is -0.270 e. The number of aromatic nitrogens is 1. The Hall–Kier alpha value is -6.15. The van der Waals surface area contributed by atoms with Crippen LogP contribution in [0.15, 0.2) is 29.8 Å². The maximum atomic E-state index is 15.4. The highest BCUT2D eigenvalue weighted by Gasteiger charge is 2.52. The number of unbranched alkanes of at least 4 members (excludes halogenated alkanes) is 5. The Bertz CT molecular complexity index is 2480. The molecule has 0 N–H and O–H groups in total. The quantitative estimate of drug-likeness (QED) is 0.0160. The number of hydrogen-bond donors (Lipinski definition) is 0. The molecule has 0 bridgehead atoms. The summed E-state index contributed by atoms with van der Waals surface area (Å²) < 4.78 is 297. The lowest BCUT2D eigenvalue weighted by Crippen LogP contribution is -2.81. The first-order valence-electron chi connectivity index (χ1n) is 18.3. The van der Waals surface area contributed by atoms with Gasteiger partial charge in [0.1, 0.15) is 57.4 Å². The molecule has 6 rings (SSSR count). The Morgan fingerprint density at radius 3 is 1.06 bits per heavy atom. The molecule has 0 atom stereocenters. The van der Waals surface area contributed by atoms with Crippen LogP contribution in [0.1, 0.15) is 38.5 Å². The number of nitrogens with zero attached hydrogens (tertiary/aromatic N) is 2. The molecular formula is C39H21BF20N2O3S. The van der Waals surface area contributed by atoms with Gasteiger partial charge in [-0.05, 0) is 25.3 Å². The van der Waals surface area contributed by atoms with Gasteiger partial charge in [0, 0.05) is 22.1 Å². The van der Waals surface area contributed by atoms with Crippen molar-refractivity contribution in [3.05, 3.63) is 156 Å². The van der Waals surface area contributed by atoms with Crippen molar-refractivity contribution in [1.29, 1.82) is 0 Å². The molecule has 6 aromatic rings. The van der Waals surface area contributed by atoms with Crippen LogP contribution in [0.4, 0.5) is 87.8 Å². The van der Waals surface area contributed by atoms with Gasteiger partial charge < -0.3 is 0 Å². The molecule has 5 nitrogen and oxygen atoms in total. The Kier molecular flexibility index (Phi) is 15.5. The molecule has 0 saturated heterocycles. The molecule has 1 aromatic heterocycles. The standard InChI is InChI=1S/C24BF20.C15H21N2O3S/c26-5-1(6(27)14(35)21(42)13(5)34)25(2-7(28)15(36)22(43)16(37)8(2)29,3-9(30)17(38)23(44)18(39)10(3)31)4-11(32)19(40)24(45)20(41)12(4)33;18-17(19)11-7-3-1-2-4-8-12-20-16-13-21-15-10-6-5-9-14(15)16/h;5-6,9-10,13H,1-4,7-8,11-12H2/q-1;+1. The highest BCUT2D eigenvalue weighted by atomic mass is 32.1. The van der Waals surface area contributed by atoms with E-state index >= 15 is 35.1 Å². The van der Waals surface area contributed by atoms with Crippen molar-refractivity contribution in [2.24, 2.45) is 0 Å². The van der Waals surface area contributed by atoms with Crippen LogP contribution in [0.5, 0.6) is 0 Å². The van der Waals surface area contributed by atoms with E-state index in [1.165, 1.54) is 4.70 Å². The van der Waals surface area contributed by atoms with Crippen LogP contribution in [0, 0.1) is 126 Å². The maximum absolute atomic E-state index is 15.4. The first-order valence-corrected chi connectivity index (χ1v) is 19.2. The normalized spacial score (nSPS) is 11.6. The van der Waals surface area contributed by atoms with Crippen LogP contribution in [-0.4, -0.2) is 24.2 Å². The summed E-state index contributed by atoms with van der Waals surface area (Å²) in [6, 6.07) is 8.19. The monoisotopic (exact) mass is 988 g/mol. The minimum atomic E-state index is -7.22. The Balaban J connectivity index is 0.000000324. The molecule has 354 valence electrons. The number of rotatable bonds is 14. The SMILES string of the molecule is Fc1c(F)c(F)c([B-](c2c(F)c(F)c(F)c(F)c2F)(c2c(F)c(F)c(F)c(F)c2F)c2c(F)c(F)c(F)c(F)c2F)c(F)c1F.O=[N+]([O-])CCCCCCCCO[n+]1csc2ccccc21. The second-order valence-electron chi connectivity index (χ2n) is 13.8. The average Bonchev–Trinajstić information content (AvgIpc) is 3.71. The van der Waals surface area contributed by atoms with Gasteiger partial charge in [-0.2, -0.15) is 0 Å². The number of thiazole rings is 1. The summed E-state index contributed by atoms with van der Waals surface area (Å²) in [5.74, 6) is -71.4. The van der Waals surface area contributed by atoms with Gasteiger partial charge in [-0.3, -0.25) is 15.0 Å². The fourth-order valence-corrected chi connectivity index (χ4v) is 7.91. The predicted molar refractivity (Wildman–Crippen MR) is 192 cm³/mol. The zero-order chi connectivity index (χ0) is 49.3. The second-order valence-corrected chi connectivity index (χ2v) is 14.7. The number of benzene rings is 5. The van der Waals surface area contributed by atoms with Gasteiger partial charge in [0.2, 0.25) is 6.54 Å². The lowest BCUT2D eigenvalue weighted by Gasteiger charge is -2.44. The molecule has 0 saturated carbocycles.